The number of piperazine rings is 1. The van der Waals surface area contributed by atoms with E-state index < -0.39 is 41.3 Å². The van der Waals surface area contributed by atoms with Crippen molar-refractivity contribution in [2.45, 2.75) is 191 Å². The molecule has 5 saturated heterocycles. The molecule has 25 heteroatoms. The Morgan fingerprint density at radius 1 is 0.765 bits per heavy atom. The van der Waals surface area contributed by atoms with Crippen LogP contribution >= 0.6 is 0 Å². The zero-order chi connectivity index (χ0) is 69.1. The van der Waals surface area contributed by atoms with Gasteiger partial charge in [-0.3, -0.25) is 38.5 Å². The standard InChI is InChI=1S/C73H108F2N16O7/c1-48(76-4)69(96)84-68(50-14-7-6-8-15-50)71(98)91-44-54(38-61(91)70(97)83-59-18-11-16-49-13-9-10-17-56(49)59)82-66(94)20-19-64(92)79-28-34-86(5)55-35-51-41-88(42-52(51)36-55)29-21-65(93)78-27-12-26-77-62-40-63(81-47-80-62)89-32-24-73(25-33-89)46-90(45-67(95)85-73)60-39-57(74)53(37-58(60)75)43-87-30-22-72(2,3)23-31-87/h9-10,13,17,37,39-40,47-48,50-52,54-55,59,61,68,76H,6-8,11-12,14-16,18-36,38,41-46H2,1-5H3,(H,78,93)(H,79,92)(H,82,94)(H,83,97)(H,84,96)(H,85,95)(H,77,80,81)/t48-,51-,52+,54-,55?,59-,61-,68-/m0/s1. The van der Waals surface area contributed by atoms with Crippen LogP contribution < -0.4 is 52.3 Å². The molecule has 0 radical (unpaired) electrons. The highest BCUT2D eigenvalue weighted by molar-refractivity contribution is 5.94. The third kappa shape index (κ3) is 18.7. The van der Waals surface area contributed by atoms with Crippen LogP contribution in [0.3, 0.4) is 0 Å². The number of likely N-dealkylation sites (tertiary alicyclic amines) is 3. The lowest BCUT2D eigenvalue weighted by molar-refractivity contribution is -0.143. The van der Waals surface area contributed by atoms with E-state index in [2.05, 4.69) is 99.1 Å². The maximum Gasteiger partial charge on any atom is 0.246 e. The number of hydrogen-bond donors (Lipinski definition) is 8. The second-order valence-electron chi connectivity index (χ2n) is 30.4. The second-order valence-corrected chi connectivity index (χ2v) is 30.4. The molecule has 2 aromatic carbocycles. The average Bonchev–Trinajstić information content (AvgIpc) is 0.936. The number of nitrogens with zero attached hydrogens (tertiary/aromatic N) is 8. The molecule has 8 aliphatic rings. The Morgan fingerprint density at radius 2 is 1.49 bits per heavy atom. The third-order valence-electron chi connectivity index (χ3n) is 22.9. The minimum Gasteiger partial charge on any atom is -0.370 e. The quantitative estimate of drug-likeness (QED) is 0.0459. The van der Waals surface area contributed by atoms with Crippen molar-refractivity contribution in [3.8, 4) is 0 Å². The molecule has 8 N–H and O–H groups in total. The molecule has 2 saturated carbocycles. The Labute approximate surface area is 577 Å². The van der Waals surface area contributed by atoms with Crippen LogP contribution in [0, 0.1) is 34.8 Å². The van der Waals surface area contributed by atoms with E-state index in [1.165, 1.54) is 24.0 Å². The number of aromatic nitrogens is 2. The number of amides is 7. The number of benzene rings is 2. The number of rotatable bonds is 27. The molecule has 23 nitrogen and oxygen atoms in total. The van der Waals surface area contributed by atoms with Gasteiger partial charge in [-0.15, -0.1) is 0 Å². The van der Waals surface area contributed by atoms with Crippen molar-refractivity contribution in [1.29, 1.82) is 0 Å². The van der Waals surface area contributed by atoms with Gasteiger partial charge in [-0.1, -0.05) is 57.4 Å². The molecule has 536 valence electrons. The lowest BCUT2D eigenvalue weighted by atomic mass is 9.82. The predicted molar refractivity (Wildman–Crippen MR) is 373 cm³/mol. The van der Waals surface area contributed by atoms with E-state index in [1.807, 2.05) is 24.3 Å². The molecule has 0 bridgehead atoms. The molecular weight excluding hydrogens is 1250 g/mol. The third-order valence-corrected chi connectivity index (χ3v) is 22.9. The van der Waals surface area contributed by atoms with Gasteiger partial charge in [-0.25, -0.2) is 18.7 Å². The Balaban J connectivity index is 0.550. The largest absolute Gasteiger partial charge is 0.370 e. The molecule has 7 amide bonds. The molecule has 3 aliphatic carbocycles. The van der Waals surface area contributed by atoms with Crippen molar-refractivity contribution in [3.63, 3.8) is 0 Å². The molecule has 1 spiro atoms. The Bertz CT molecular complexity index is 3270. The Kier molecular flexibility index (Phi) is 24.3. The van der Waals surface area contributed by atoms with Gasteiger partial charge in [-0.2, -0.15) is 0 Å². The minimum atomic E-state index is -0.854. The monoisotopic (exact) mass is 1360 g/mol. The number of likely N-dealkylation sites (N-methyl/N-ethyl adjacent to an activating group) is 2. The molecule has 11 rings (SSSR count). The summed E-state index contributed by atoms with van der Waals surface area (Å²) in [6.07, 6.45) is 15.4. The summed E-state index contributed by atoms with van der Waals surface area (Å²) in [6.45, 7) is 14.8. The zero-order valence-corrected chi connectivity index (χ0v) is 58.5. The summed E-state index contributed by atoms with van der Waals surface area (Å²) in [5.41, 5.74) is 2.41. The summed E-state index contributed by atoms with van der Waals surface area (Å²) in [7, 11) is 3.80. The molecule has 3 aromatic rings. The van der Waals surface area contributed by atoms with Gasteiger partial charge in [0.05, 0.1) is 29.9 Å². The molecule has 1 unspecified atom stereocenters. The van der Waals surface area contributed by atoms with Crippen LogP contribution in [0.15, 0.2) is 48.8 Å². The summed E-state index contributed by atoms with van der Waals surface area (Å²) in [5.74, 6) is -0.0783. The van der Waals surface area contributed by atoms with Crippen LogP contribution in [0.2, 0.25) is 0 Å². The van der Waals surface area contributed by atoms with Crippen molar-refractivity contribution < 1.29 is 42.3 Å². The lowest BCUT2D eigenvalue weighted by Crippen LogP contribution is -2.66. The van der Waals surface area contributed by atoms with Crippen molar-refractivity contribution in [3.05, 3.63) is 77.1 Å². The van der Waals surface area contributed by atoms with E-state index in [1.54, 1.807) is 23.8 Å². The number of aryl methyl sites for hydroxylation is 1. The van der Waals surface area contributed by atoms with Crippen LogP contribution in [0.4, 0.5) is 26.1 Å². The number of fused-ring (bicyclic) bond motifs is 2. The van der Waals surface area contributed by atoms with Gasteiger partial charge in [0.25, 0.3) is 0 Å². The van der Waals surface area contributed by atoms with Gasteiger partial charge in [0.1, 0.15) is 41.7 Å². The first-order chi connectivity index (χ1) is 47.2. The number of halogens is 2. The number of carbonyl (C=O) groups excluding carboxylic acids is 7. The Morgan fingerprint density at radius 3 is 2.24 bits per heavy atom. The highest BCUT2D eigenvalue weighted by Crippen LogP contribution is 2.41. The first-order valence-electron chi connectivity index (χ1n) is 36.7. The number of nitrogens with one attached hydrogen (secondary N) is 8. The first-order valence-corrected chi connectivity index (χ1v) is 36.7. The SMILES string of the molecule is CN[C@@H](C)C(=O)N[C@H](C(=O)N1C[C@@H](NC(=O)CCC(=O)NCCN(C)C2C[C@@H]3CN(CCC(=O)NCCCNc4cc(N5CCC6(CC5)CN(c5cc(F)c(CN7CCC(C)(C)CC7)cc5F)CC(=O)N6)ncn4)C[C@@H]3C2)C[C@H]1C(=O)N[C@H]1CCCc2ccccc21)C1CCCCC1. The summed E-state index contributed by atoms with van der Waals surface area (Å²) >= 11 is 0. The van der Waals surface area contributed by atoms with E-state index >= 15 is 8.78 Å². The van der Waals surface area contributed by atoms with Crippen LogP contribution in [0.25, 0.3) is 0 Å². The van der Waals surface area contributed by atoms with Crippen molar-refractivity contribution >= 4 is 58.7 Å². The van der Waals surface area contributed by atoms with Gasteiger partial charge in [0.15, 0.2) is 0 Å². The summed E-state index contributed by atoms with van der Waals surface area (Å²) in [4.78, 5) is 117. The van der Waals surface area contributed by atoms with E-state index in [-0.39, 0.29) is 96.8 Å². The lowest BCUT2D eigenvalue weighted by Gasteiger charge is -2.48. The summed E-state index contributed by atoms with van der Waals surface area (Å²) < 4.78 is 31.3. The maximum atomic E-state index is 15.8. The fourth-order valence-electron chi connectivity index (χ4n) is 16.7. The van der Waals surface area contributed by atoms with Crippen LogP contribution in [0.1, 0.15) is 159 Å². The summed E-state index contributed by atoms with van der Waals surface area (Å²) in [5, 5.41) is 25.0. The zero-order valence-electron chi connectivity index (χ0n) is 58.5. The number of piperidine rings is 2. The number of anilines is 3. The topological polar surface area (TPSA) is 261 Å². The van der Waals surface area contributed by atoms with Crippen LogP contribution in [-0.4, -0.2) is 212 Å². The maximum absolute atomic E-state index is 15.8. The van der Waals surface area contributed by atoms with Crippen LogP contribution in [0.5, 0.6) is 0 Å². The van der Waals surface area contributed by atoms with Gasteiger partial charge >= 0.3 is 0 Å². The molecule has 98 heavy (non-hydrogen) atoms. The van der Waals surface area contributed by atoms with Gasteiger partial charge < -0.3 is 67.0 Å². The van der Waals surface area contributed by atoms with Crippen molar-refractivity contribution in [1.82, 2.24) is 66.8 Å². The van der Waals surface area contributed by atoms with Crippen LogP contribution in [-0.2, 0) is 46.5 Å². The molecule has 6 heterocycles. The van der Waals surface area contributed by atoms with Gasteiger partial charge in [0.2, 0.25) is 41.4 Å². The normalized spacial score (nSPS) is 24.7. The number of hydrogen-bond acceptors (Lipinski definition) is 16. The fourth-order valence-corrected chi connectivity index (χ4v) is 16.7. The average molecular weight is 1360 g/mol. The van der Waals surface area contributed by atoms with Crippen molar-refractivity contribution in [2.75, 3.05) is 121 Å². The van der Waals surface area contributed by atoms with E-state index in [9.17, 15) is 33.6 Å². The highest BCUT2D eigenvalue weighted by atomic mass is 19.1. The summed E-state index contributed by atoms with van der Waals surface area (Å²) in [6, 6.07) is 10.1. The fraction of sp³-hybridized carbons (Fsp3) is 0.685. The highest BCUT2D eigenvalue weighted by Gasteiger charge is 2.47. The second kappa shape index (κ2) is 32.9. The molecule has 1 aromatic heterocycles. The molecule has 7 fully saturated rings. The van der Waals surface area contributed by atoms with E-state index in [0.29, 0.717) is 114 Å². The minimum absolute atomic E-state index is 0.00136. The van der Waals surface area contributed by atoms with E-state index in [4.69, 9.17) is 0 Å². The molecular formula is C73H108F2N16O7. The number of carbonyl (C=O) groups is 7. The Hall–Kier alpha value is -7.09. The molecule has 5 aliphatic heterocycles. The van der Waals surface area contributed by atoms with Gasteiger partial charge in [0, 0.05) is 128 Å². The predicted octanol–water partition coefficient (Wildman–Crippen LogP) is 5.15. The van der Waals surface area contributed by atoms with Gasteiger partial charge in [-0.05, 0) is 158 Å². The smallest absolute Gasteiger partial charge is 0.246 e. The van der Waals surface area contributed by atoms with Crippen molar-refractivity contribution in [2.24, 2.45) is 23.2 Å². The molecule has 8 atom stereocenters. The van der Waals surface area contributed by atoms with E-state index in [0.717, 1.165) is 115 Å². The first kappa shape index (κ1) is 72.2.